The van der Waals surface area contributed by atoms with Crippen molar-refractivity contribution in [3.63, 3.8) is 0 Å². The number of halogens is 2. The third-order valence-electron chi connectivity index (χ3n) is 3.47. The zero-order chi connectivity index (χ0) is 13.7. The maximum Gasteiger partial charge on any atom is 0.227 e. The molecule has 4 rings (SSSR count). The molecule has 1 aliphatic heterocycles. The first-order chi connectivity index (χ1) is 9.70. The molecule has 0 aliphatic carbocycles. The van der Waals surface area contributed by atoms with Gasteiger partial charge in [0.2, 0.25) is 5.89 Å². The highest BCUT2D eigenvalue weighted by Crippen LogP contribution is 2.33. The number of oxazole rings is 1. The van der Waals surface area contributed by atoms with E-state index in [0.29, 0.717) is 27.0 Å². The van der Waals surface area contributed by atoms with E-state index in [-0.39, 0.29) is 0 Å². The Morgan fingerprint density at radius 3 is 2.95 bits per heavy atom. The van der Waals surface area contributed by atoms with Gasteiger partial charge in [0.15, 0.2) is 5.58 Å². The van der Waals surface area contributed by atoms with Crippen LogP contribution >= 0.6 is 23.2 Å². The number of rotatable bonds is 1. The lowest BCUT2D eigenvalue weighted by Crippen LogP contribution is -1.90. The van der Waals surface area contributed by atoms with Gasteiger partial charge in [-0.05, 0) is 42.3 Å². The van der Waals surface area contributed by atoms with Gasteiger partial charge in [0, 0.05) is 22.8 Å². The van der Waals surface area contributed by atoms with Crippen molar-refractivity contribution in [2.24, 2.45) is 0 Å². The quantitative estimate of drug-likeness (QED) is 0.703. The highest BCUT2D eigenvalue weighted by molar-refractivity contribution is 6.38. The maximum absolute atomic E-state index is 6.13. The summed E-state index contributed by atoms with van der Waals surface area (Å²) in [6.07, 6.45) is 1.02. The van der Waals surface area contributed by atoms with Crippen LogP contribution in [0.5, 0.6) is 0 Å². The number of nitrogens with zero attached hydrogens (tertiary/aromatic N) is 1. The lowest BCUT2D eigenvalue weighted by molar-refractivity contribution is 0.620. The normalized spacial score (nSPS) is 13.5. The Morgan fingerprint density at radius 1 is 1.15 bits per heavy atom. The Morgan fingerprint density at radius 2 is 2.05 bits per heavy atom. The first-order valence-corrected chi connectivity index (χ1v) is 7.09. The van der Waals surface area contributed by atoms with E-state index in [2.05, 4.69) is 22.4 Å². The molecule has 2 heterocycles. The Kier molecular flexibility index (Phi) is 2.65. The van der Waals surface area contributed by atoms with Crippen LogP contribution in [0.2, 0.25) is 10.0 Å². The van der Waals surface area contributed by atoms with Gasteiger partial charge in [-0.15, -0.1) is 0 Å². The molecule has 3 aromatic rings. The van der Waals surface area contributed by atoms with Gasteiger partial charge < -0.3 is 9.73 Å². The van der Waals surface area contributed by atoms with Crippen molar-refractivity contribution in [2.45, 2.75) is 6.42 Å². The zero-order valence-electron chi connectivity index (χ0n) is 10.4. The molecule has 1 aliphatic rings. The first kappa shape index (κ1) is 12.1. The molecular formula is C15H10Cl2N2O. The molecule has 0 unspecified atom stereocenters. The first-order valence-electron chi connectivity index (χ1n) is 6.33. The van der Waals surface area contributed by atoms with Crippen LogP contribution in [-0.4, -0.2) is 11.5 Å². The standard InChI is InChI=1S/C15H10Cl2N2O/c16-10-6-11(17)14-13(7-10)19-15(20-14)9-1-2-12-8(5-9)3-4-18-12/h1-2,5-7,18H,3-4H2. The fourth-order valence-corrected chi connectivity index (χ4v) is 3.04. The van der Waals surface area contributed by atoms with Gasteiger partial charge in [-0.1, -0.05) is 23.2 Å². The third kappa shape index (κ3) is 1.86. The van der Waals surface area contributed by atoms with Crippen LogP contribution in [0.1, 0.15) is 5.56 Å². The molecule has 0 bridgehead atoms. The molecule has 100 valence electrons. The fraction of sp³-hybridized carbons (Fsp3) is 0.133. The van der Waals surface area contributed by atoms with Crippen LogP contribution in [0, 0.1) is 0 Å². The molecule has 0 fully saturated rings. The molecule has 3 nitrogen and oxygen atoms in total. The predicted octanol–water partition coefficient (Wildman–Crippen LogP) is 4.77. The highest BCUT2D eigenvalue weighted by atomic mass is 35.5. The van der Waals surface area contributed by atoms with Crippen LogP contribution in [0.15, 0.2) is 34.7 Å². The molecule has 2 aromatic carbocycles. The van der Waals surface area contributed by atoms with Crippen LogP contribution in [0.4, 0.5) is 5.69 Å². The molecule has 0 atom stereocenters. The topological polar surface area (TPSA) is 38.1 Å². The number of hydrogen-bond donors (Lipinski definition) is 1. The van der Waals surface area contributed by atoms with Gasteiger partial charge in [-0.2, -0.15) is 0 Å². The average molecular weight is 305 g/mol. The Labute approximate surface area is 125 Å². The minimum atomic E-state index is 0.481. The summed E-state index contributed by atoms with van der Waals surface area (Å²) in [5, 5.41) is 4.37. The molecule has 0 spiro atoms. The van der Waals surface area contributed by atoms with Gasteiger partial charge >= 0.3 is 0 Å². The third-order valence-corrected chi connectivity index (χ3v) is 3.97. The minimum absolute atomic E-state index is 0.481. The van der Waals surface area contributed by atoms with Crippen molar-refractivity contribution >= 4 is 40.0 Å². The molecule has 0 saturated carbocycles. The van der Waals surface area contributed by atoms with Crippen molar-refractivity contribution in [3.8, 4) is 11.5 Å². The summed E-state index contributed by atoms with van der Waals surface area (Å²) < 4.78 is 5.78. The number of aromatic nitrogens is 1. The molecule has 1 N–H and O–H groups in total. The van der Waals surface area contributed by atoms with Crippen molar-refractivity contribution in [1.82, 2.24) is 4.98 Å². The van der Waals surface area contributed by atoms with Crippen LogP contribution in [0.3, 0.4) is 0 Å². The molecular weight excluding hydrogens is 295 g/mol. The number of hydrogen-bond acceptors (Lipinski definition) is 3. The zero-order valence-corrected chi connectivity index (χ0v) is 11.9. The molecule has 20 heavy (non-hydrogen) atoms. The number of benzene rings is 2. The number of nitrogens with one attached hydrogen (secondary N) is 1. The van der Waals surface area contributed by atoms with E-state index in [4.69, 9.17) is 27.6 Å². The van der Waals surface area contributed by atoms with Crippen LogP contribution in [0.25, 0.3) is 22.6 Å². The van der Waals surface area contributed by atoms with Gasteiger partial charge in [-0.25, -0.2) is 4.98 Å². The lowest BCUT2D eigenvalue weighted by Gasteiger charge is -2.01. The minimum Gasteiger partial charge on any atom is -0.435 e. The highest BCUT2D eigenvalue weighted by Gasteiger charge is 2.15. The van der Waals surface area contributed by atoms with Crippen molar-refractivity contribution in [3.05, 3.63) is 45.9 Å². The number of fused-ring (bicyclic) bond motifs is 2. The summed E-state index contributed by atoms with van der Waals surface area (Å²) in [4.78, 5) is 4.47. The fourth-order valence-electron chi connectivity index (χ4n) is 2.52. The monoisotopic (exact) mass is 304 g/mol. The van der Waals surface area contributed by atoms with Crippen LogP contribution < -0.4 is 5.32 Å². The molecule has 0 radical (unpaired) electrons. The predicted molar refractivity (Wildman–Crippen MR) is 81.7 cm³/mol. The van der Waals surface area contributed by atoms with Gasteiger partial charge in [0.05, 0.1) is 5.02 Å². The van der Waals surface area contributed by atoms with Crippen molar-refractivity contribution in [2.75, 3.05) is 11.9 Å². The van der Waals surface area contributed by atoms with Crippen molar-refractivity contribution in [1.29, 1.82) is 0 Å². The van der Waals surface area contributed by atoms with E-state index in [0.717, 1.165) is 18.5 Å². The van der Waals surface area contributed by atoms with Gasteiger partial charge in [0.25, 0.3) is 0 Å². The smallest absolute Gasteiger partial charge is 0.227 e. The summed E-state index contributed by atoms with van der Waals surface area (Å²) in [6, 6.07) is 9.58. The second-order valence-electron chi connectivity index (χ2n) is 4.80. The summed E-state index contributed by atoms with van der Waals surface area (Å²) in [5.74, 6) is 0.568. The van der Waals surface area contributed by atoms with E-state index >= 15 is 0 Å². The second kappa shape index (κ2) is 4.40. The Balaban J connectivity index is 1.88. The van der Waals surface area contributed by atoms with Crippen LogP contribution in [-0.2, 0) is 6.42 Å². The van der Waals surface area contributed by atoms with E-state index in [1.54, 1.807) is 12.1 Å². The Hall–Kier alpha value is -1.71. The molecule has 1 aromatic heterocycles. The summed E-state index contributed by atoms with van der Waals surface area (Å²) in [5.41, 5.74) is 4.68. The van der Waals surface area contributed by atoms with Crippen molar-refractivity contribution < 1.29 is 4.42 Å². The molecule has 0 saturated heterocycles. The van der Waals surface area contributed by atoms with E-state index < -0.39 is 0 Å². The molecule has 5 heteroatoms. The summed E-state index contributed by atoms with van der Waals surface area (Å²) >= 11 is 12.1. The largest absolute Gasteiger partial charge is 0.435 e. The number of anilines is 1. The van der Waals surface area contributed by atoms with E-state index in [1.807, 2.05) is 6.07 Å². The average Bonchev–Trinajstić information content (AvgIpc) is 3.03. The Bertz CT molecular complexity index is 826. The lowest BCUT2D eigenvalue weighted by atomic mass is 10.1. The van der Waals surface area contributed by atoms with E-state index in [9.17, 15) is 0 Å². The van der Waals surface area contributed by atoms with E-state index in [1.165, 1.54) is 11.3 Å². The summed E-state index contributed by atoms with van der Waals surface area (Å²) in [7, 11) is 0. The van der Waals surface area contributed by atoms with Gasteiger partial charge in [-0.3, -0.25) is 0 Å². The van der Waals surface area contributed by atoms with Gasteiger partial charge in [0.1, 0.15) is 5.52 Å². The maximum atomic E-state index is 6.13. The SMILES string of the molecule is Clc1cc(Cl)c2oc(-c3ccc4c(c3)CCN4)nc2c1. The molecule has 0 amide bonds. The summed E-state index contributed by atoms with van der Waals surface area (Å²) in [6.45, 7) is 0.980. The second-order valence-corrected chi connectivity index (χ2v) is 5.65.